The largest absolute Gasteiger partial charge is 0.487 e. The van der Waals surface area contributed by atoms with Gasteiger partial charge in [0.2, 0.25) is 11.8 Å². The van der Waals surface area contributed by atoms with E-state index in [0.717, 1.165) is 11.8 Å². The van der Waals surface area contributed by atoms with Crippen LogP contribution in [0.25, 0.3) is 0 Å². The number of amides is 2. The summed E-state index contributed by atoms with van der Waals surface area (Å²) in [6, 6.07) is 11.7. The summed E-state index contributed by atoms with van der Waals surface area (Å²) in [5.74, 6) is -1.23. The van der Waals surface area contributed by atoms with Crippen LogP contribution in [0.15, 0.2) is 53.5 Å². The van der Waals surface area contributed by atoms with Crippen molar-refractivity contribution in [2.24, 2.45) is 4.99 Å². The molecule has 2 aromatic carbocycles. The van der Waals surface area contributed by atoms with Crippen molar-refractivity contribution in [2.75, 3.05) is 18.5 Å². The minimum atomic E-state index is -3.82. The van der Waals surface area contributed by atoms with Gasteiger partial charge in [-0.05, 0) is 62.4 Å². The van der Waals surface area contributed by atoms with Gasteiger partial charge in [0, 0.05) is 30.3 Å². The van der Waals surface area contributed by atoms with Crippen LogP contribution in [-0.4, -0.2) is 51.8 Å². The summed E-state index contributed by atoms with van der Waals surface area (Å²) in [7, 11) is 0. The molecule has 3 rings (SSSR count). The second-order valence-corrected chi connectivity index (χ2v) is 8.79. The van der Waals surface area contributed by atoms with E-state index in [0.29, 0.717) is 28.7 Å². The molecular weight excluding hydrogens is 504 g/mol. The maximum atomic E-state index is 12.8. The molecule has 8 nitrogen and oxygen atoms in total. The van der Waals surface area contributed by atoms with Gasteiger partial charge in [0.25, 0.3) is 0 Å². The molecule has 0 aromatic heterocycles. The number of carbonyl (C=O) groups excluding carboxylic acids is 3. The Balaban J connectivity index is 1.63. The first-order valence-corrected chi connectivity index (χ1v) is 11.8. The van der Waals surface area contributed by atoms with Crippen molar-refractivity contribution in [1.82, 2.24) is 4.90 Å². The molecular formula is C23H22ClF2N3O5S. The van der Waals surface area contributed by atoms with Crippen molar-refractivity contribution in [3.8, 4) is 5.75 Å². The topological polar surface area (TPSA) is 97.3 Å². The highest BCUT2D eigenvalue weighted by atomic mass is 35.5. The molecule has 0 radical (unpaired) electrons. The highest BCUT2D eigenvalue weighted by Crippen LogP contribution is 2.33. The smallest absolute Gasteiger partial charge is 0.462 e. The third-order valence-corrected chi connectivity index (χ3v) is 5.93. The number of alkyl halides is 3. The van der Waals surface area contributed by atoms with Gasteiger partial charge in [0.05, 0.1) is 17.9 Å². The molecule has 0 saturated carbocycles. The zero-order chi connectivity index (χ0) is 25.6. The molecule has 1 atom stereocenters. The van der Waals surface area contributed by atoms with Gasteiger partial charge in [-0.3, -0.25) is 14.5 Å². The molecule has 1 N–H and O–H groups in total. The minimum absolute atomic E-state index is 0.0871. The third kappa shape index (κ3) is 7.40. The summed E-state index contributed by atoms with van der Waals surface area (Å²) < 4.78 is 34.7. The molecule has 1 aliphatic heterocycles. The Hall–Kier alpha value is -3.18. The maximum absolute atomic E-state index is 12.8. The minimum Gasteiger partial charge on any atom is -0.462 e. The monoisotopic (exact) mass is 525 g/mol. The molecule has 0 unspecified atom stereocenters. The Labute approximate surface area is 209 Å². The van der Waals surface area contributed by atoms with Gasteiger partial charge in [-0.2, -0.15) is 0 Å². The average molecular weight is 526 g/mol. The SMILES string of the molecule is CCOC(=O)c1ccc(NC(=O)C[C@H]2SC(=Nc3ccc(OC(F)(F)Cl)cc3)N(CC)C2=O)cc1. The summed E-state index contributed by atoms with van der Waals surface area (Å²) in [5.41, 5.74) is -2.57. The van der Waals surface area contributed by atoms with Gasteiger partial charge in [0.1, 0.15) is 11.0 Å². The van der Waals surface area contributed by atoms with Gasteiger partial charge in [-0.1, -0.05) is 11.8 Å². The second-order valence-electron chi connectivity index (χ2n) is 7.18. The van der Waals surface area contributed by atoms with Crippen LogP contribution in [0.5, 0.6) is 5.75 Å². The van der Waals surface area contributed by atoms with Crippen molar-refractivity contribution in [3.05, 3.63) is 54.1 Å². The van der Waals surface area contributed by atoms with E-state index in [9.17, 15) is 23.2 Å². The van der Waals surface area contributed by atoms with E-state index >= 15 is 0 Å². The van der Waals surface area contributed by atoms with Gasteiger partial charge in [-0.25, -0.2) is 9.79 Å². The number of esters is 1. The zero-order valence-corrected chi connectivity index (χ0v) is 20.4. The van der Waals surface area contributed by atoms with Crippen LogP contribution in [0.2, 0.25) is 0 Å². The van der Waals surface area contributed by atoms with Crippen molar-refractivity contribution in [1.29, 1.82) is 0 Å². The number of thioether (sulfide) groups is 1. The fourth-order valence-corrected chi connectivity index (χ4v) is 4.44. The molecule has 2 aromatic rings. The van der Waals surface area contributed by atoms with Gasteiger partial charge >= 0.3 is 11.5 Å². The molecule has 186 valence electrons. The lowest BCUT2D eigenvalue weighted by Gasteiger charge is -2.13. The number of nitrogens with one attached hydrogen (secondary N) is 1. The van der Waals surface area contributed by atoms with Crippen LogP contribution in [0.4, 0.5) is 20.2 Å². The molecule has 0 bridgehead atoms. The first kappa shape index (κ1) is 26.4. The first-order valence-electron chi connectivity index (χ1n) is 10.6. The quantitative estimate of drug-likeness (QED) is 0.365. The summed E-state index contributed by atoms with van der Waals surface area (Å²) in [5, 5.41) is 2.43. The Bertz CT molecular complexity index is 1110. The lowest BCUT2D eigenvalue weighted by atomic mass is 10.2. The number of hydrogen-bond acceptors (Lipinski definition) is 7. The van der Waals surface area contributed by atoms with E-state index in [1.807, 2.05) is 0 Å². The van der Waals surface area contributed by atoms with Gasteiger partial charge in [0.15, 0.2) is 5.17 Å². The summed E-state index contributed by atoms with van der Waals surface area (Å²) in [4.78, 5) is 42.9. The van der Waals surface area contributed by atoms with E-state index in [-0.39, 0.29) is 30.6 Å². The van der Waals surface area contributed by atoms with Crippen LogP contribution < -0.4 is 10.1 Å². The number of anilines is 1. The fraction of sp³-hybridized carbons (Fsp3) is 0.304. The standard InChI is InChI=1S/C23H22ClF2N3O5S/c1-3-29-20(31)18(13-19(30)27-15-7-5-14(6-8-15)21(32)33-4-2)35-22(29)28-16-9-11-17(12-10-16)34-23(24,25)26/h5-12,18H,3-4,13H2,1-2H3,(H,27,30)/t18-/m1/s1. The number of benzene rings is 2. The van der Waals surface area contributed by atoms with E-state index in [1.165, 1.54) is 41.3 Å². The number of carbonyl (C=O) groups is 3. The Morgan fingerprint density at radius 2 is 1.80 bits per heavy atom. The van der Waals surface area contributed by atoms with Crippen LogP contribution in [0, 0.1) is 0 Å². The van der Waals surface area contributed by atoms with Crippen molar-refractivity contribution >= 4 is 57.7 Å². The molecule has 12 heteroatoms. The van der Waals surface area contributed by atoms with Crippen LogP contribution in [0.3, 0.4) is 0 Å². The average Bonchev–Trinajstić information content (AvgIpc) is 3.08. The molecule has 35 heavy (non-hydrogen) atoms. The maximum Gasteiger partial charge on any atom is 0.487 e. The number of hydrogen-bond donors (Lipinski definition) is 1. The predicted molar refractivity (Wildman–Crippen MR) is 129 cm³/mol. The zero-order valence-electron chi connectivity index (χ0n) is 18.8. The van der Waals surface area contributed by atoms with Crippen LogP contribution in [-0.2, 0) is 14.3 Å². The van der Waals surface area contributed by atoms with Gasteiger partial charge < -0.3 is 14.8 Å². The normalized spacial score (nSPS) is 16.9. The highest BCUT2D eigenvalue weighted by molar-refractivity contribution is 8.15. The first-order chi connectivity index (χ1) is 16.6. The van der Waals surface area contributed by atoms with Crippen LogP contribution >= 0.6 is 23.4 Å². The Morgan fingerprint density at radius 1 is 1.14 bits per heavy atom. The lowest BCUT2D eigenvalue weighted by molar-refractivity contribution is -0.128. The van der Waals surface area contributed by atoms with E-state index in [2.05, 4.69) is 15.0 Å². The van der Waals surface area contributed by atoms with Crippen molar-refractivity contribution in [2.45, 2.75) is 31.1 Å². The molecule has 1 fully saturated rings. The summed E-state index contributed by atoms with van der Waals surface area (Å²) in [6.45, 7) is 4.10. The lowest BCUT2D eigenvalue weighted by Crippen LogP contribution is -2.33. The van der Waals surface area contributed by atoms with E-state index < -0.39 is 16.8 Å². The van der Waals surface area contributed by atoms with E-state index in [1.54, 1.807) is 26.0 Å². The third-order valence-electron chi connectivity index (χ3n) is 4.68. The summed E-state index contributed by atoms with van der Waals surface area (Å²) >= 11 is 5.90. The van der Waals surface area contributed by atoms with Crippen molar-refractivity contribution in [3.63, 3.8) is 0 Å². The molecule has 2 amide bonds. The molecule has 0 spiro atoms. The number of ether oxygens (including phenoxy) is 2. The Morgan fingerprint density at radius 3 is 2.37 bits per heavy atom. The van der Waals surface area contributed by atoms with E-state index in [4.69, 9.17) is 16.3 Å². The number of rotatable bonds is 9. The molecule has 1 aliphatic rings. The number of halogens is 3. The molecule has 1 heterocycles. The molecule has 1 saturated heterocycles. The fourth-order valence-electron chi connectivity index (χ4n) is 3.13. The Kier molecular flexibility index (Phi) is 8.68. The summed E-state index contributed by atoms with van der Waals surface area (Å²) in [6.07, 6.45) is -0.0871. The highest BCUT2D eigenvalue weighted by Gasteiger charge is 2.38. The molecule has 0 aliphatic carbocycles. The van der Waals surface area contributed by atoms with Crippen molar-refractivity contribution < 1.29 is 32.6 Å². The number of nitrogens with zero attached hydrogens (tertiary/aromatic N) is 2. The predicted octanol–water partition coefficient (Wildman–Crippen LogP) is 5.01. The number of amidine groups is 1. The van der Waals surface area contributed by atoms with Gasteiger partial charge in [-0.15, -0.1) is 8.78 Å². The second kappa shape index (κ2) is 11.5. The van der Waals surface area contributed by atoms with Crippen LogP contribution in [0.1, 0.15) is 30.6 Å². The number of aliphatic imine (C=N–C) groups is 1.